The van der Waals surface area contributed by atoms with E-state index in [0.717, 1.165) is 32.1 Å². The van der Waals surface area contributed by atoms with Gasteiger partial charge in [0.05, 0.1) is 21.5 Å². The second-order valence-corrected chi connectivity index (χ2v) is 14.8. The Morgan fingerprint density at radius 1 is 1.00 bits per heavy atom. The first-order chi connectivity index (χ1) is 20.5. The Bertz CT molecular complexity index is 1460. The van der Waals surface area contributed by atoms with Gasteiger partial charge in [-0.15, -0.1) is 0 Å². The molecule has 1 aromatic rings. The van der Waals surface area contributed by atoms with Crippen LogP contribution in [0, 0.1) is 18.3 Å². The molecular weight excluding hydrogens is 628 g/mol. The van der Waals surface area contributed by atoms with Gasteiger partial charge in [-0.3, -0.25) is 9.59 Å². The number of carbonyl (C=O) groups is 2. The van der Waals surface area contributed by atoms with Crippen LogP contribution >= 0.6 is 0 Å². The minimum atomic E-state index is -5.21. The topological polar surface area (TPSA) is 118 Å². The molecule has 0 saturated heterocycles. The van der Waals surface area contributed by atoms with Crippen LogP contribution in [0.15, 0.2) is 22.6 Å². The summed E-state index contributed by atoms with van der Waals surface area (Å²) < 4.78 is 112. The number of alkyl halides is 6. The highest BCUT2D eigenvalue weighted by atomic mass is 32.2. The molecule has 1 fully saturated rings. The van der Waals surface area contributed by atoms with Crippen LogP contribution in [0.4, 0.5) is 26.3 Å². The number of nitrogens with one attached hydrogen (secondary N) is 2. The lowest BCUT2D eigenvalue weighted by Gasteiger charge is -2.31. The monoisotopic (exact) mass is 669 g/mol. The number of rotatable bonds is 11. The molecule has 2 aliphatic carbocycles. The third-order valence-electron chi connectivity index (χ3n) is 8.69. The van der Waals surface area contributed by atoms with Gasteiger partial charge in [-0.1, -0.05) is 19.3 Å². The van der Waals surface area contributed by atoms with Crippen LogP contribution in [0.3, 0.4) is 0 Å². The number of sulfonamides is 1. The molecule has 0 radical (unpaired) electrons. The van der Waals surface area contributed by atoms with Gasteiger partial charge in [0.2, 0.25) is 10.0 Å². The van der Waals surface area contributed by atoms with Crippen LogP contribution in [0.2, 0.25) is 0 Å². The van der Waals surface area contributed by atoms with Crippen molar-refractivity contribution in [3.63, 3.8) is 0 Å². The van der Waals surface area contributed by atoms with Gasteiger partial charge < -0.3 is 15.0 Å². The second kappa shape index (κ2) is 13.1. The van der Waals surface area contributed by atoms with E-state index in [4.69, 9.17) is 0 Å². The highest BCUT2D eigenvalue weighted by Gasteiger charge is 2.51. The SMILES string of the molecule is Cc1c(C(=O)NCCC(C)(C)C(=O)O)cc(C2=CC(C(F)(F)F)=C(S(=O)(=O)NC(C)(C)C(F)(F)F)CC2)n1CC1CCCCC1. The average molecular weight is 670 g/mol. The van der Waals surface area contributed by atoms with E-state index in [0.29, 0.717) is 32.2 Å². The Labute approximate surface area is 259 Å². The molecule has 45 heavy (non-hydrogen) atoms. The first-order valence-electron chi connectivity index (χ1n) is 14.8. The number of halogens is 6. The molecular formula is C30H41F6N3O5S. The van der Waals surface area contributed by atoms with Crippen molar-refractivity contribution in [1.29, 1.82) is 0 Å². The maximum absolute atomic E-state index is 14.3. The van der Waals surface area contributed by atoms with Gasteiger partial charge in [0.15, 0.2) is 0 Å². The van der Waals surface area contributed by atoms with Gasteiger partial charge >= 0.3 is 18.3 Å². The van der Waals surface area contributed by atoms with E-state index in [2.05, 4.69) is 5.32 Å². The Kier molecular flexibility index (Phi) is 10.7. The average Bonchev–Trinajstić information content (AvgIpc) is 3.22. The fourth-order valence-corrected chi connectivity index (χ4v) is 7.33. The predicted octanol–water partition coefficient (Wildman–Crippen LogP) is 6.86. The van der Waals surface area contributed by atoms with Crippen LogP contribution in [0.1, 0.15) is 101 Å². The molecule has 1 saturated carbocycles. The van der Waals surface area contributed by atoms with Gasteiger partial charge in [0.1, 0.15) is 5.54 Å². The lowest BCUT2D eigenvalue weighted by molar-refractivity contribution is -0.180. The van der Waals surface area contributed by atoms with E-state index in [1.807, 2.05) is 0 Å². The van der Waals surface area contributed by atoms with Gasteiger partial charge in [-0.2, -0.15) is 31.1 Å². The number of aromatic nitrogens is 1. The molecule has 2 aliphatic rings. The number of aliphatic carboxylic acids is 1. The van der Waals surface area contributed by atoms with Crippen molar-refractivity contribution in [3.8, 4) is 0 Å². The Balaban J connectivity index is 2.08. The van der Waals surface area contributed by atoms with Crippen molar-refractivity contribution in [2.45, 2.75) is 110 Å². The van der Waals surface area contributed by atoms with E-state index in [9.17, 15) is 49.5 Å². The molecule has 1 aromatic heterocycles. The van der Waals surface area contributed by atoms with Crippen molar-refractivity contribution < 1.29 is 49.5 Å². The number of carboxylic acids is 1. The molecule has 254 valence electrons. The zero-order valence-corrected chi connectivity index (χ0v) is 26.8. The summed E-state index contributed by atoms with van der Waals surface area (Å²) in [6, 6.07) is 1.44. The summed E-state index contributed by atoms with van der Waals surface area (Å²) in [6.07, 6.45) is -5.61. The summed E-state index contributed by atoms with van der Waals surface area (Å²) in [5.41, 5.74) is -4.64. The van der Waals surface area contributed by atoms with E-state index < -0.39 is 62.1 Å². The Hall–Kier alpha value is -2.81. The summed E-state index contributed by atoms with van der Waals surface area (Å²) in [5.74, 6) is -1.38. The lowest BCUT2D eigenvalue weighted by Crippen LogP contribution is -2.54. The minimum Gasteiger partial charge on any atom is -0.481 e. The van der Waals surface area contributed by atoms with Crippen LogP contribution in [0.25, 0.3) is 5.57 Å². The quantitative estimate of drug-likeness (QED) is 0.223. The van der Waals surface area contributed by atoms with E-state index in [1.165, 1.54) is 24.6 Å². The molecule has 0 atom stereocenters. The van der Waals surface area contributed by atoms with E-state index in [1.54, 1.807) is 11.5 Å². The fraction of sp³-hybridized carbons (Fsp3) is 0.667. The lowest BCUT2D eigenvalue weighted by atomic mass is 9.89. The zero-order chi connectivity index (χ0) is 34.2. The molecule has 1 heterocycles. The van der Waals surface area contributed by atoms with Crippen molar-refractivity contribution in [2.75, 3.05) is 6.54 Å². The van der Waals surface area contributed by atoms with Gasteiger partial charge in [-0.05, 0) is 90.4 Å². The molecule has 1 amide bonds. The van der Waals surface area contributed by atoms with Crippen molar-refractivity contribution in [1.82, 2.24) is 14.6 Å². The first-order valence-corrected chi connectivity index (χ1v) is 16.3. The van der Waals surface area contributed by atoms with Crippen molar-refractivity contribution in [3.05, 3.63) is 39.6 Å². The Morgan fingerprint density at radius 2 is 1.60 bits per heavy atom. The minimum absolute atomic E-state index is 0.0346. The number of amides is 1. The zero-order valence-electron chi connectivity index (χ0n) is 26.0. The van der Waals surface area contributed by atoms with E-state index >= 15 is 0 Å². The first kappa shape index (κ1) is 36.7. The summed E-state index contributed by atoms with van der Waals surface area (Å²) in [6.45, 7) is 6.19. The molecule has 3 rings (SSSR count). The maximum Gasteiger partial charge on any atom is 0.417 e. The standard InChI is InChI=1S/C30H41F6N3O5S/c1-18-21(25(40)37-14-13-27(2,3)26(41)42)16-23(39(18)17-19-9-7-6-8-10-19)20-11-12-24(22(15-20)29(31,32)33)45(43,44)38-28(4,5)30(34,35)36/h15-16,19,38H,6-14,17H2,1-5H3,(H,37,40)(H,41,42). The molecule has 0 aliphatic heterocycles. The van der Waals surface area contributed by atoms with Crippen LogP contribution in [0.5, 0.6) is 0 Å². The summed E-state index contributed by atoms with van der Waals surface area (Å²) in [5, 5.41) is 12.0. The summed E-state index contributed by atoms with van der Waals surface area (Å²) in [7, 11) is -5.21. The number of nitrogens with zero attached hydrogens (tertiary/aromatic N) is 1. The smallest absolute Gasteiger partial charge is 0.417 e. The summed E-state index contributed by atoms with van der Waals surface area (Å²) in [4.78, 5) is 23.5. The normalized spacial score (nSPS) is 17.8. The Morgan fingerprint density at radius 3 is 2.13 bits per heavy atom. The number of hydrogen-bond donors (Lipinski definition) is 3. The molecule has 0 spiro atoms. The largest absolute Gasteiger partial charge is 0.481 e. The summed E-state index contributed by atoms with van der Waals surface area (Å²) >= 11 is 0. The predicted molar refractivity (Wildman–Crippen MR) is 157 cm³/mol. The van der Waals surface area contributed by atoms with Gasteiger partial charge in [0.25, 0.3) is 5.91 Å². The highest BCUT2D eigenvalue weighted by molar-refractivity contribution is 7.93. The highest BCUT2D eigenvalue weighted by Crippen LogP contribution is 2.42. The second-order valence-electron chi connectivity index (χ2n) is 13.1. The van der Waals surface area contributed by atoms with Crippen LogP contribution in [-0.4, -0.2) is 54.4 Å². The molecule has 0 bridgehead atoms. The maximum atomic E-state index is 14.3. The van der Waals surface area contributed by atoms with Crippen molar-refractivity contribution >= 4 is 27.5 Å². The third kappa shape index (κ3) is 8.52. The van der Waals surface area contributed by atoms with Crippen LogP contribution < -0.4 is 10.0 Å². The molecule has 0 aromatic carbocycles. The number of carboxylic acid groups (broad SMARTS) is 1. The van der Waals surface area contributed by atoms with Crippen molar-refractivity contribution in [2.24, 2.45) is 11.3 Å². The number of allylic oxidation sites excluding steroid dienone is 4. The molecule has 15 heteroatoms. The number of carbonyl (C=O) groups excluding carboxylic acids is 1. The van der Waals surface area contributed by atoms with Gasteiger partial charge in [-0.25, -0.2) is 8.42 Å². The van der Waals surface area contributed by atoms with Gasteiger partial charge in [0, 0.05) is 24.5 Å². The fourth-order valence-electron chi connectivity index (χ4n) is 5.58. The molecule has 3 N–H and O–H groups in total. The van der Waals surface area contributed by atoms with E-state index in [-0.39, 0.29) is 42.1 Å². The third-order valence-corrected chi connectivity index (χ3v) is 10.5. The molecule has 8 nitrogen and oxygen atoms in total. The molecule has 0 unspecified atom stereocenters. The van der Waals surface area contributed by atoms with Crippen LogP contribution in [-0.2, 0) is 21.4 Å². The number of hydrogen-bond acceptors (Lipinski definition) is 4.